The Morgan fingerprint density at radius 3 is 2.57 bits per heavy atom. The van der Waals surface area contributed by atoms with Crippen molar-refractivity contribution in [2.24, 2.45) is 0 Å². The van der Waals surface area contributed by atoms with Gasteiger partial charge < -0.3 is 5.32 Å². The Hall–Kier alpha value is -1.13. The lowest BCUT2D eigenvalue weighted by atomic mass is 10.1. The minimum absolute atomic E-state index is 0.814. The third kappa shape index (κ3) is 3.74. The van der Waals surface area contributed by atoms with Gasteiger partial charge in [-0.25, -0.2) is 0 Å². The Bertz CT molecular complexity index is 617. The Kier molecular flexibility index (Phi) is 5.59. The summed E-state index contributed by atoms with van der Waals surface area (Å²) >= 11 is 3.69. The maximum absolute atomic E-state index is 4.67. The molecule has 0 radical (unpaired) electrons. The van der Waals surface area contributed by atoms with Crippen LogP contribution in [-0.2, 0) is 19.5 Å². The smallest absolute Gasteiger partial charge is 0.0673 e. The zero-order valence-electron chi connectivity index (χ0n) is 13.3. The summed E-state index contributed by atoms with van der Waals surface area (Å²) in [4.78, 5) is 0. The van der Waals surface area contributed by atoms with Crippen LogP contribution in [0.15, 0.2) is 22.7 Å². The average molecular weight is 350 g/mol. The summed E-state index contributed by atoms with van der Waals surface area (Å²) < 4.78 is 3.27. The van der Waals surface area contributed by atoms with Crippen LogP contribution in [0.3, 0.4) is 0 Å². The normalized spacial score (nSPS) is 11.1. The molecule has 0 aliphatic rings. The molecule has 0 saturated carbocycles. The molecule has 4 heteroatoms. The Balaban J connectivity index is 2.20. The van der Waals surface area contributed by atoms with Crippen LogP contribution in [0.25, 0.3) is 0 Å². The van der Waals surface area contributed by atoms with E-state index in [0.29, 0.717) is 0 Å². The number of hydrogen-bond acceptors (Lipinski definition) is 2. The first-order chi connectivity index (χ1) is 10.1. The summed E-state index contributed by atoms with van der Waals surface area (Å²) in [6.07, 6.45) is 1.04. The van der Waals surface area contributed by atoms with E-state index in [1.54, 1.807) is 0 Å². The second-order valence-corrected chi connectivity index (χ2v) is 6.22. The molecule has 0 aliphatic heterocycles. The first-order valence-corrected chi connectivity index (χ1v) is 8.37. The highest BCUT2D eigenvalue weighted by atomic mass is 79.9. The van der Waals surface area contributed by atoms with Gasteiger partial charge in [0.2, 0.25) is 0 Å². The molecule has 1 aromatic heterocycles. The molecular weight excluding hydrogens is 326 g/mol. The molecule has 0 unspecified atom stereocenters. The second kappa shape index (κ2) is 7.23. The molecule has 21 heavy (non-hydrogen) atoms. The predicted octanol–water partition coefficient (Wildman–Crippen LogP) is 3.98. The van der Waals surface area contributed by atoms with Crippen LogP contribution in [-0.4, -0.2) is 16.3 Å². The number of aryl methyl sites for hydroxylation is 1. The largest absolute Gasteiger partial charge is 0.313 e. The number of aromatic nitrogens is 2. The molecule has 0 atom stereocenters. The van der Waals surface area contributed by atoms with Crippen LogP contribution in [0.4, 0.5) is 0 Å². The van der Waals surface area contributed by atoms with Crippen LogP contribution in [0, 0.1) is 13.8 Å². The van der Waals surface area contributed by atoms with Gasteiger partial charge in [-0.2, -0.15) is 5.10 Å². The zero-order chi connectivity index (χ0) is 15.4. The van der Waals surface area contributed by atoms with E-state index >= 15 is 0 Å². The quantitative estimate of drug-likeness (QED) is 0.854. The highest BCUT2D eigenvalue weighted by molar-refractivity contribution is 9.10. The van der Waals surface area contributed by atoms with Gasteiger partial charge in [0.05, 0.1) is 12.2 Å². The third-order valence-electron chi connectivity index (χ3n) is 3.90. The van der Waals surface area contributed by atoms with Crippen LogP contribution in [0.2, 0.25) is 0 Å². The summed E-state index contributed by atoms with van der Waals surface area (Å²) in [6.45, 7) is 11.3. The fourth-order valence-electron chi connectivity index (χ4n) is 2.66. The first-order valence-electron chi connectivity index (χ1n) is 7.57. The molecular formula is C17H24BrN3. The zero-order valence-corrected chi connectivity index (χ0v) is 14.9. The van der Waals surface area contributed by atoms with Crippen molar-refractivity contribution < 1.29 is 0 Å². The van der Waals surface area contributed by atoms with E-state index < -0.39 is 0 Å². The molecule has 0 aliphatic carbocycles. The molecule has 0 bridgehead atoms. The van der Waals surface area contributed by atoms with Gasteiger partial charge in [-0.1, -0.05) is 41.9 Å². The van der Waals surface area contributed by atoms with Crippen molar-refractivity contribution in [3.8, 4) is 0 Å². The van der Waals surface area contributed by atoms with E-state index in [-0.39, 0.29) is 0 Å². The topological polar surface area (TPSA) is 29.9 Å². The second-order valence-electron chi connectivity index (χ2n) is 5.37. The monoisotopic (exact) mass is 349 g/mol. The van der Waals surface area contributed by atoms with Crippen LogP contribution in [0.1, 0.15) is 41.9 Å². The molecule has 3 nitrogen and oxygen atoms in total. The number of nitrogens with zero attached hydrogens (tertiary/aromatic N) is 2. The fraction of sp³-hybridized carbons (Fsp3) is 0.471. The van der Waals surface area contributed by atoms with E-state index in [9.17, 15) is 0 Å². The lowest BCUT2D eigenvalue weighted by molar-refractivity contribution is 0.655. The molecule has 2 aromatic rings. The van der Waals surface area contributed by atoms with E-state index in [0.717, 1.165) is 36.2 Å². The van der Waals surface area contributed by atoms with Crippen LogP contribution < -0.4 is 5.32 Å². The van der Waals surface area contributed by atoms with Crippen molar-refractivity contribution in [2.75, 3.05) is 6.54 Å². The van der Waals surface area contributed by atoms with Gasteiger partial charge >= 0.3 is 0 Å². The van der Waals surface area contributed by atoms with Gasteiger partial charge in [0.1, 0.15) is 0 Å². The SMILES string of the molecule is CCNCc1ccc(Cn2nc(C)c(CC)c2C)c(Br)c1. The summed E-state index contributed by atoms with van der Waals surface area (Å²) in [5.41, 5.74) is 6.36. The Morgan fingerprint density at radius 1 is 1.24 bits per heavy atom. The van der Waals surface area contributed by atoms with Crippen LogP contribution >= 0.6 is 15.9 Å². The highest BCUT2D eigenvalue weighted by Crippen LogP contribution is 2.22. The van der Waals surface area contributed by atoms with Gasteiger partial charge in [0.25, 0.3) is 0 Å². The molecule has 0 amide bonds. The number of hydrogen-bond donors (Lipinski definition) is 1. The Morgan fingerprint density at radius 2 is 2.00 bits per heavy atom. The number of rotatable bonds is 6. The summed E-state index contributed by atoms with van der Waals surface area (Å²) in [5, 5.41) is 8.02. The van der Waals surface area contributed by atoms with Gasteiger partial charge in [-0.05, 0) is 49.6 Å². The minimum Gasteiger partial charge on any atom is -0.313 e. The summed E-state index contributed by atoms with van der Waals surface area (Å²) in [5.74, 6) is 0. The molecule has 114 valence electrons. The van der Waals surface area contributed by atoms with Gasteiger partial charge in [0.15, 0.2) is 0 Å². The summed E-state index contributed by atoms with van der Waals surface area (Å²) in [7, 11) is 0. The first kappa shape index (κ1) is 16.2. The number of halogens is 1. The standard InChI is InChI=1S/C17H24BrN3/c1-5-16-12(3)20-21(13(16)4)11-15-8-7-14(9-17(15)18)10-19-6-2/h7-9,19H,5-6,10-11H2,1-4H3. The molecule has 2 rings (SSSR count). The van der Waals surface area contributed by atoms with Gasteiger partial charge in [-0.3, -0.25) is 4.68 Å². The minimum atomic E-state index is 0.814. The maximum Gasteiger partial charge on any atom is 0.0673 e. The van der Waals surface area contributed by atoms with E-state index in [1.807, 2.05) is 0 Å². The van der Waals surface area contributed by atoms with Crippen molar-refractivity contribution in [3.05, 3.63) is 50.8 Å². The lowest BCUT2D eigenvalue weighted by Crippen LogP contribution is -2.12. The van der Waals surface area contributed by atoms with Crippen molar-refractivity contribution in [2.45, 2.75) is 47.2 Å². The van der Waals surface area contributed by atoms with E-state index in [2.05, 4.69) is 76.9 Å². The predicted molar refractivity (Wildman–Crippen MR) is 91.7 cm³/mol. The Labute approximate surface area is 135 Å². The van der Waals surface area contributed by atoms with Crippen molar-refractivity contribution >= 4 is 15.9 Å². The van der Waals surface area contributed by atoms with Crippen molar-refractivity contribution in [1.29, 1.82) is 0 Å². The molecule has 1 N–H and O–H groups in total. The van der Waals surface area contributed by atoms with Crippen molar-refractivity contribution in [1.82, 2.24) is 15.1 Å². The van der Waals surface area contributed by atoms with Crippen molar-refractivity contribution in [3.63, 3.8) is 0 Å². The van der Waals surface area contributed by atoms with E-state index in [4.69, 9.17) is 0 Å². The maximum atomic E-state index is 4.67. The fourth-order valence-corrected chi connectivity index (χ4v) is 3.21. The molecule has 1 heterocycles. The number of benzene rings is 1. The average Bonchev–Trinajstić information content (AvgIpc) is 2.73. The highest BCUT2D eigenvalue weighted by Gasteiger charge is 2.11. The molecule has 1 aromatic carbocycles. The van der Waals surface area contributed by atoms with Gasteiger partial charge in [0, 0.05) is 16.7 Å². The van der Waals surface area contributed by atoms with Gasteiger partial charge in [-0.15, -0.1) is 0 Å². The number of nitrogens with one attached hydrogen (secondary N) is 1. The molecule has 0 saturated heterocycles. The molecule has 0 fully saturated rings. The third-order valence-corrected chi connectivity index (χ3v) is 4.64. The van der Waals surface area contributed by atoms with Crippen LogP contribution in [0.5, 0.6) is 0 Å². The summed E-state index contributed by atoms with van der Waals surface area (Å²) in [6, 6.07) is 6.58. The van der Waals surface area contributed by atoms with E-state index in [1.165, 1.54) is 22.4 Å². The lowest BCUT2D eigenvalue weighted by Gasteiger charge is -2.10. The molecule has 0 spiro atoms.